The first-order chi connectivity index (χ1) is 13.1. The number of aryl methyl sites for hydroxylation is 2. The van der Waals surface area contributed by atoms with Crippen LogP contribution in [0.3, 0.4) is 0 Å². The molecule has 140 valence electrons. The quantitative estimate of drug-likeness (QED) is 0.770. The number of carbonyl (C=O) groups excluding carboxylic acids is 1. The summed E-state index contributed by atoms with van der Waals surface area (Å²) in [7, 11) is 0. The van der Waals surface area contributed by atoms with E-state index in [2.05, 4.69) is 32.8 Å². The lowest BCUT2D eigenvalue weighted by molar-refractivity contribution is -0.131. The molecule has 0 bridgehead atoms. The van der Waals surface area contributed by atoms with Crippen molar-refractivity contribution < 1.29 is 9.18 Å². The molecule has 0 spiro atoms. The summed E-state index contributed by atoms with van der Waals surface area (Å²) in [5, 5.41) is 0. The van der Waals surface area contributed by atoms with Crippen LogP contribution < -0.4 is 4.90 Å². The smallest absolute Gasteiger partial charge is 0.223 e. The van der Waals surface area contributed by atoms with Gasteiger partial charge in [-0.05, 0) is 36.8 Å². The van der Waals surface area contributed by atoms with Gasteiger partial charge >= 0.3 is 0 Å². The lowest BCUT2D eigenvalue weighted by Crippen LogP contribution is -2.49. The maximum atomic E-state index is 13.3. The average Bonchev–Trinajstić information content (AvgIpc) is 3.08. The summed E-state index contributed by atoms with van der Waals surface area (Å²) < 4.78 is 13.3. The normalized spacial score (nSPS) is 14.7. The summed E-state index contributed by atoms with van der Waals surface area (Å²) in [5.41, 5.74) is 2.54. The molecule has 2 aromatic heterocycles. The SMILES string of the molecule is Cc1cccnc1N1CCN(C(=O)CCc2nc3ccc(F)cc3[nH]2)CC1. The van der Waals surface area contributed by atoms with E-state index >= 15 is 0 Å². The molecule has 0 unspecified atom stereocenters. The van der Waals surface area contributed by atoms with Gasteiger partial charge in [0.1, 0.15) is 17.5 Å². The van der Waals surface area contributed by atoms with Gasteiger partial charge in [-0.2, -0.15) is 0 Å². The number of benzene rings is 1. The fourth-order valence-corrected chi connectivity index (χ4v) is 3.51. The molecule has 1 amide bonds. The number of amides is 1. The van der Waals surface area contributed by atoms with Crippen LogP contribution in [0, 0.1) is 12.7 Å². The molecule has 0 radical (unpaired) electrons. The van der Waals surface area contributed by atoms with Crippen molar-refractivity contribution >= 4 is 22.8 Å². The molecule has 1 fully saturated rings. The van der Waals surface area contributed by atoms with Gasteiger partial charge in [-0.3, -0.25) is 4.79 Å². The van der Waals surface area contributed by atoms with E-state index in [1.807, 2.05) is 11.0 Å². The first kappa shape index (κ1) is 17.5. The zero-order valence-corrected chi connectivity index (χ0v) is 15.3. The Morgan fingerprint density at radius 2 is 2.04 bits per heavy atom. The third-order valence-corrected chi connectivity index (χ3v) is 4.98. The van der Waals surface area contributed by atoms with Gasteiger partial charge in [0, 0.05) is 45.2 Å². The van der Waals surface area contributed by atoms with E-state index < -0.39 is 0 Å². The highest BCUT2D eigenvalue weighted by atomic mass is 19.1. The summed E-state index contributed by atoms with van der Waals surface area (Å²) in [6.45, 7) is 5.01. The molecule has 6 nitrogen and oxygen atoms in total. The first-order valence-corrected chi connectivity index (χ1v) is 9.18. The number of aromatic amines is 1. The van der Waals surface area contributed by atoms with Crippen LogP contribution in [0.5, 0.6) is 0 Å². The number of nitrogens with one attached hydrogen (secondary N) is 1. The van der Waals surface area contributed by atoms with Gasteiger partial charge in [-0.15, -0.1) is 0 Å². The molecule has 0 saturated carbocycles. The number of carbonyl (C=O) groups is 1. The second kappa shape index (κ2) is 7.34. The molecule has 1 aromatic carbocycles. The van der Waals surface area contributed by atoms with E-state index in [9.17, 15) is 9.18 Å². The minimum atomic E-state index is -0.296. The second-order valence-corrected chi connectivity index (χ2v) is 6.86. The minimum absolute atomic E-state index is 0.124. The summed E-state index contributed by atoms with van der Waals surface area (Å²) >= 11 is 0. The summed E-state index contributed by atoms with van der Waals surface area (Å²) in [4.78, 5) is 28.6. The molecule has 0 aliphatic carbocycles. The Hall–Kier alpha value is -2.96. The number of imidazole rings is 1. The van der Waals surface area contributed by atoms with E-state index in [1.165, 1.54) is 12.1 Å². The topological polar surface area (TPSA) is 65.1 Å². The van der Waals surface area contributed by atoms with Crippen molar-refractivity contribution in [1.82, 2.24) is 19.9 Å². The van der Waals surface area contributed by atoms with Crippen LogP contribution in [-0.2, 0) is 11.2 Å². The molecule has 27 heavy (non-hydrogen) atoms. The number of pyridine rings is 1. The van der Waals surface area contributed by atoms with Crippen LogP contribution in [-0.4, -0.2) is 51.9 Å². The molecule has 7 heteroatoms. The number of hydrogen-bond donors (Lipinski definition) is 1. The zero-order valence-electron chi connectivity index (χ0n) is 15.3. The molecule has 1 aliphatic heterocycles. The van der Waals surface area contributed by atoms with Crippen LogP contribution in [0.2, 0.25) is 0 Å². The Balaban J connectivity index is 1.32. The van der Waals surface area contributed by atoms with Crippen molar-refractivity contribution in [3.63, 3.8) is 0 Å². The highest BCUT2D eigenvalue weighted by Gasteiger charge is 2.22. The number of rotatable bonds is 4. The van der Waals surface area contributed by atoms with Crippen LogP contribution in [0.25, 0.3) is 11.0 Å². The molecule has 1 saturated heterocycles. The Morgan fingerprint density at radius 3 is 2.81 bits per heavy atom. The van der Waals surface area contributed by atoms with Crippen molar-refractivity contribution in [2.45, 2.75) is 19.8 Å². The van der Waals surface area contributed by atoms with Gasteiger partial charge in [0.25, 0.3) is 0 Å². The van der Waals surface area contributed by atoms with Crippen LogP contribution in [0.4, 0.5) is 10.2 Å². The van der Waals surface area contributed by atoms with Crippen molar-refractivity contribution in [2.24, 2.45) is 0 Å². The zero-order chi connectivity index (χ0) is 18.8. The number of halogens is 1. The Kier molecular flexibility index (Phi) is 4.75. The molecular weight excluding hydrogens is 345 g/mol. The largest absolute Gasteiger partial charge is 0.353 e. The second-order valence-electron chi connectivity index (χ2n) is 6.86. The van der Waals surface area contributed by atoms with Crippen molar-refractivity contribution in [3.05, 3.63) is 53.7 Å². The number of anilines is 1. The molecule has 1 N–H and O–H groups in total. The van der Waals surface area contributed by atoms with E-state index in [4.69, 9.17) is 0 Å². The number of hydrogen-bond acceptors (Lipinski definition) is 4. The predicted octanol–water partition coefficient (Wildman–Crippen LogP) is 2.69. The lowest BCUT2D eigenvalue weighted by Gasteiger charge is -2.36. The maximum absolute atomic E-state index is 13.3. The van der Waals surface area contributed by atoms with Gasteiger partial charge in [0.05, 0.1) is 11.0 Å². The average molecular weight is 367 g/mol. The van der Waals surface area contributed by atoms with E-state index in [0.29, 0.717) is 37.3 Å². The summed E-state index contributed by atoms with van der Waals surface area (Å²) in [6, 6.07) is 8.45. The fraction of sp³-hybridized carbons (Fsp3) is 0.350. The monoisotopic (exact) mass is 367 g/mol. The Labute approximate surface area is 157 Å². The first-order valence-electron chi connectivity index (χ1n) is 9.18. The van der Waals surface area contributed by atoms with Crippen molar-refractivity contribution in [1.29, 1.82) is 0 Å². The van der Waals surface area contributed by atoms with Gasteiger partial charge < -0.3 is 14.8 Å². The standard InChI is InChI=1S/C20H22FN5O/c1-14-3-2-8-22-20(14)26-11-9-25(10-12-26)19(27)7-6-18-23-16-5-4-15(21)13-17(16)24-18/h2-5,8,13H,6-7,9-12H2,1H3,(H,23,24). The van der Waals surface area contributed by atoms with E-state index in [0.717, 1.165) is 30.0 Å². The number of H-pyrrole nitrogens is 1. The highest BCUT2D eigenvalue weighted by Crippen LogP contribution is 2.18. The van der Waals surface area contributed by atoms with E-state index in [-0.39, 0.29) is 11.7 Å². The van der Waals surface area contributed by atoms with Crippen LogP contribution >= 0.6 is 0 Å². The van der Waals surface area contributed by atoms with Crippen molar-refractivity contribution in [3.8, 4) is 0 Å². The molecule has 3 aromatic rings. The maximum Gasteiger partial charge on any atom is 0.223 e. The van der Waals surface area contributed by atoms with Gasteiger partial charge in [-0.25, -0.2) is 14.4 Å². The minimum Gasteiger partial charge on any atom is -0.353 e. The number of fused-ring (bicyclic) bond motifs is 1. The number of aromatic nitrogens is 3. The molecule has 0 atom stereocenters. The molecule has 3 heterocycles. The summed E-state index contributed by atoms with van der Waals surface area (Å²) in [6.07, 6.45) is 2.72. The highest BCUT2D eigenvalue weighted by molar-refractivity contribution is 5.77. The fourth-order valence-electron chi connectivity index (χ4n) is 3.51. The van der Waals surface area contributed by atoms with Gasteiger partial charge in [0.2, 0.25) is 5.91 Å². The predicted molar refractivity (Wildman–Crippen MR) is 102 cm³/mol. The summed E-state index contributed by atoms with van der Waals surface area (Å²) in [5.74, 6) is 1.54. The van der Waals surface area contributed by atoms with Crippen LogP contribution in [0.1, 0.15) is 17.8 Å². The van der Waals surface area contributed by atoms with Gasteiger partial charge in [0.15, 0.2) is 0 Å². The Morgan fingerprint density at radius 1 is 1.22 bits per heavy atom. The van der Waals surface area contributed by atoms with Crippen LogP contribution in [0.15, 0.2) is 36.5 Å². The van der Waals surface area contributed by atoms with Gasteiger partial charge in [-0.1, -0.05) is 6.07 Å². The third-order valence-electron chi connectivity index (χ3n) is 4.98. The third kappa shape index (κ3) is 3.77. The Bertz CT molecular complexity index is 962. The van der Waals surface area contributed by atoms with E-state index in [1.54, 1.807) is 12.3 Å². The number of nitrogens with zero attached hydrogens (tertiary/aromatic N) is 4. The lowest BCUT2D eigenvalue weighted by atomic mass is 10.2. The molecule has 1 aliphatic rings. The van der Waals surface area contributed by atoms with Crippen molar-refractivity contribution in [2.75, 3.05) is 31.1 Å². The number of piperazine rings is 1. The molecule has 4 rings (SSSR count). The molecular formula is C20H22FN5O.